The Hall–Kier alpha value is -1.63. The fourth-order valence-electron chi connectivity index (χ4n) is 2.66. The summed E-state index contributed by atoms with van der Waals surface area (Å²) in [5.74, 6) is 1.23. The van der Waals surface area contributed by atoms with Gasteiger partial charge in [-0.3, -0.25) is 4.57 Å². The Morgan fingerprint density at radius 3 is 2.89 bits per heavy atom. The summed E-state index contributed by atoms with van der Waals surface area (Å²) < 4.78 is 1.80. The van der Waals surface area contributed by atoms with Crippen molar-refractivity contribution in [3.63, 3.8) is 0 Å². The minimum atomic E-state index is -0.395. The van der Waals surface area contributed by atoms with E-state index in [0.29, 0.717) is 17.7 Å². The van der Waals surface area contributed by atoms with Crippen molar-refractivity contribution < 1.29 is 4.92 Å². The second-order valence-electron chi connectivity index (χ2n) is 5.07. The quantitative estimate of drug-likeness (QED) is 0.658. The number of hydrogen-bond donors (Lipinski definition) is 1. The second kappa shape index (κ2) is 5.56. The van der Waals surface area contributed by atoms with Crippen molar-refractivity contribution in [1.82, 2.24) is 14.9 Å². The van der Waals surface area contributed by atoms with Gasteiger partial charge in [-0.1, -0.05) is 0 Å². The van der Waals surface area contributed by atoms with E-state index in [-0.39, 0.29) is 5.82 Å². The number of nitrogens with zero attached hydrogens (tertiary/aromatic N) is 4. The summed E-state index contributed by atoms with van der Waals surface area (Å²) in [6, 6.07) is 0.323. The summed E-state index contributed by atoms with van der Waals surface area (Å²) in [7, 11) is 3.76. The van der Waals surface area contributed by atoms with Gasteiger partial charge in [-0.25, -0.2) is 0 Å². The highest BCUT2D eigenvalue weighted by Crippen LogP contribution is 2.30. The van der Waals surface area contributed by atoms with E-state index in [1.54, 1.807) is 11.5 Å². The van der Waals surface area contributed by atoms with Gasteiger partial charge in [-0.15, -0.1) is 0 Å². The largest absolute Gasteiger partial charge is 0.406 e. The van der Waals surface area contributed by atoms with Gasteiger partial charge in [0.1, 0.15) is 0 Å². The van der Waals surface area contributed by atoms with E-state index in [0.717, 1.165) is 32.4 Å². The Labute approximate surface area is 112 Å². The van der Waals surface area contributed by atoms with Crippen LogP contribution in [0.15, 0.2) is 0 Å². The van der Waals surface area contributed by atoms with Crippen LogP contribution in [0.2, 0.25) is 0 Å². The second-order valence-corrected chi connectivity index (χ2v) is 5.07. The van der Waals surface area contributed by atoms with Gasteiger partial charge in [0.2, 0.25) is 11.6 Å². The molecule has 7 nitrogen and oxygen atoms in total. The first-order valence-electron chi connectivity index (χ1n) is 6.63. The molecule has 1 saturated heterocycles. The molecule has 1 fully saturated rings. The van der Waals surface area contributed by atoms with Gasteiger partial charge < -0.3 is 20.3 Å². The Balaban J connectivity index is 2.31. The highest BCUT2D eigenvalue weighted by molar-refractivity contribution is 5.56. The maximum absolute atomic E-state index is 11.1. The maximum atomic E-state index is 11.1. The first kappa shape index (κ1) is 13.8. The van der Waals surface area contributed by atoms with Gasteiger partial charge in [-0.05, 0) is 42.3 Å². The third kappa shape index (κ3) is 2.70. The van der Waals surface area contributed by atoms with Gasteiger partial charge >= 0.3 is 5.82 Å². The zero-order chi connectivity index (χ0) is 14.0. The van der Waals surface area contributed by atoms with Crippen molar-refractivity contribution in [3.8, 4) is 0 Å². The van der Waals surface area contributed by atoms with E-state index >= 15 is 0 Å². The van der Waals surface area contributed by atoms with Crippen LogP contribution in [0.1, 0.15) is 25.1 Å². The smallest absolute Gasteiger partial charge is 0.358 e. The van der Waals surface area contributed by atoms with Crippen LogP contribution in [0.4, 0.5) is 11.6 Å². The van der Waals surface area contributed by atoms with Crippen LogP contribution >= 0.6 is 0 Å². The molecule has 1 aromatic heterocycles. The molecule has 0 aromatic carbocycles. The SMILES string of the molecule is Cc1nc([N+](=O)[O-])c(N(C)C2CCCNCC2)n1C. The van der Waals surface area contributed by atoms with Gasteiger partial charge in [-0.2, -0.15) is 0 Å². The van der Waals surface area contributed by atoms with E-state index in [2.05, 4.69) is 10.3 Å². The molecule has 1 aromatic rings. The van der Waals surface area contributed by atoms with Crippen molar-refractivity contribution in [1.29, 1.82) is 0 Å². The van der Waals surface area contributed by atoms with Gasteiger partial charge in [0.05, 0.1) is 0 Å². The molecule has 0 amide bonds. The number of anilines is 1. The molecule has 19 heavy (non-hydrogen) atoms. The summed E-state index contributed by atoms with van der Waals surface area (Å²) in [5.41, 5.74) is 0. The number of aryl methyl sites for hydroxylation is 1. The Morgan fingerprint density at radius 2 is 2.21 bits per heavy atom. The van der Waals surface area contributed by atoms with Crippen molar-refractivity contribution in [2.75, 3.05) is 25.0 Å². The molecule has 1 unspecified atom stereocenters. The summed E-state index contributed by atoms with van der Waals surface area (Å²) in [6.07, 6.45) is 3.14. The number of nitro groups is 1. The number of rotatable bonds is 3. The minimum Gasteiger partial charge on any atom is -0.358 e. The lowest BCUT2D eigenvalue weighted by molar-refractivity contribution is -0.388. The molecule has 7 heteroatoms. The molecular weight excluding hydrogens is 246 g/mol. The van der Waals surface area contributed by atoms with Crippen LogP contribution in [0.3, 0.4) is 0 Å². The topological polar surface area (TPSA) is 76.2 Å². The fraction of sp³-hybridized carbons (Fsp3) is 0.750. The third-order valence-corrected chi connectivity index (χ3v) is 3.87. The van der Waals surface area contributed by atoms with Crippen LogP contribution in [0.5, 0.6) is 0 Å². The predicted molar refractivity (Wildman–Crippen MR) is 73.5 cm³/mol. The van der Waals surface area contributed by atoms with E-state index in [4.69, 9.17) is 0 Å². The lowest BCUT2D eigenvalue weighted by Crippen LogP contribution is -2.34. The molecule has 0 bridgehead atoms. The fourth-order valence-corrected chi connectivity index (χ4v) is 2.66. The lowest BCUT2D eigenvalue weighted by atomic mass is 10.1. The van der Waals surface area contributed by atoms with Crippen LogP contribution in [0.25, 0.3) is 0 Å². The summed E-state index contributed by atoms with van der Waals surface area (Å²) >= 11 is 0. The van der Waals surface area contributed by atoms with Gasteiger partial charge in [0.25, 0.3) is 0 Å². The Morgan fingerprint density at radius 1 is 1.47 bits per heavy atom. The number of hydrogen-bond acceptors (Lipinski definition) is 5. The molecule has 1 aliphatic heterocycles. The average molecular weight is 267 g/mol. The standard InChI is InChI=1S/C12H21N5O2/c1-9-14-11(17(18)19)12(15(9)2)16(3)10-5-4-7-13-8-6-10/h10,13H,4-8H2,1-3H3. The van der Waals surface area contributed by atoms with Crippen molar-refractivity contribution in [2.45, 2.75) is 32.2 Å². The van der Waals surface area contributed by atoms with Crippen LogP contribution in [-0.2, 0) is 7.05 Å². The molecule has 1 aliphatic rings. The van der Waals surface area contributed by atoms with Gasteiger partial charge in [0, 0.05) is 27.1 Å². The minimum absolute atomic E-state index is 0.0419. The maximum Gasteiger partial charge on any atom is 0.406 e. The predicted octanol–water partition coefficient (Wildman–Crippen LogP) is 1.22. The number of nitrogens with one attached hydrogen (secondary N) is 1. The highest BCUT2D eigenvalue weighted by Gasteiger charge is 2.30. The molecule has 0 saturated carbocycles. The molecule has 1 N–H and O–H groups in total. The first-order chi connectivity index (χ1) is 9.02. The average Bonchev–Trinajstić information content (AvgIpc) is 2.60. The third-order valence-electron chi connectivity index (χ3n) is 3.87. The monoisotopic (exact) mass is 267 g/mol. The molecule has 1 atom stereocenters. The van der Waals surface area contributed by atoms with Crippen LogP contribution in [0, 0.1) is 17.0 Å². The summed E-state index contributed by atoms with van der Waals surface area (Å²) in [6.45, 7) is 3.77. The van der Waals surface area contributed by atoms with Crippen molar-refractivity contribution in [3.05, 3.63) is 15.9 Å². The molecule has 0 radical (unpaired) electrons. The van der Waals surface area contributed by atoms with E-state index in [1.165, 1.54) is 0 Å². The molecule has 2 heterocycles. The lowest BCUT2D eigenvalue weighted by Gasteiger charge is -2.28. The van der Waals surface area contributed by atoms with E-state index in [1.807, 2.05) is 19.0 Å². The van der Waals surface area contributed by atoms with E-state index < -0.39 is 4.92 Å². The summed E-state index contributed by atoms with van der Waals surface area (Å²) in [4.78, 5) is 16.8. The molecule has 0 aliphatic carbocycles. The zero-order valence-electron chi connectivity index (χ0n) is 11.7. The number of aromatic nitrogens is 2. The van der Waals surface area contributed by atoms with Crippen molar-refractivity contribution >= 4 is 11.6 Å². The number of imidazole rings is 1. The van der Waals surface area contributed by atoms with Crippen molar-refractivity contribution in [2.24, 2.45) is 7.05 Å². The normalized spacial score (nSPS) is 20.1. The molecule has 0 spiro atoms. The Bertz CT molecular complexity index is 463. The summed E-state index contributed by atoms with van der Waals surface area (Å²) in [5, 5.41) is 14.5. The van der Waals surface area contributed by atoms with E-state index in [9.17, 15) is 10.1 Å². The first-order valence-corrected chi connectivity index (χ1v) is 6.63. The molecule has 2 rings (SSSR count). The van der Waals surface area contributed by atoms with Crippen LogP contribution in [-0.4, -0.2) is 40.7 Å². The molecule has 106 valence electrons. The van der Waals surface area contributed by atoms with Gasteiger partial charge in [0.15, 0.2) is 0 Å². The zero-order valence-corrected chi connectivity index (χ0v) is 11.7. The highest BCUT2D eigenvalue weighted by atomic mass is 16.6. The molecular formula is C12H21N5O2. The Kier molecular flexibility index (Phi) is 4.04. The van der Waals surface area contributed by atoms with Crippen LogP contribution < -0.4 is 10.2 Å².